The fourth-order valence-electron chi connectivity index (χ4n) is 8.39. The summed E-state index contributed by atoms with van der Waals surface area (Å²) in [6, 6.07) is 16.0. The van der Waals surface area contributed by atoms with E-state index in [2.05, 4.69) is 21.3 Å². The van der Waals surface area contributed by atoms with Crippen LogP contribution >= 0.6 is 0 Å². The molecule has 0 bridgehead atoms. The van der Waals surface area contributed by atoms with Crippen LogP contribution in [0.25, 0.3) is 11.1 Å². The second kappa shape index (κ2) is 25.4. The Hall–Kier alpha value is -6.98. The minimum absolute atomic E-state index is 0.0241. The number of ether oxygens (including phenoxy) is 2. The standard InChI is InChI=1S/C54H75N7O11/c1-31(2)26-43(58-48(64)35(7)60(12)53(70)71-30-42-40-20-16-14-18-38(40)39-19-15-17-21-41(39)42)51(67)61(13)45(27-32(3)4)49(65)56-33(5)50(66)59(11)34(6)47(63)55-29-46(62)57-44(52(68)69)28-36-22-24-37(25-23-36)72-54(8,9)10/h14-25,31-35,42-45H,26-30H2,1-13H3,(H,55,63)(H,56,65)(H,57,62)(H,58,64)(H,68,69)/t33-,34-,35-,43-,44-,45-/m0/s1. The predicted molar refractivity (Wildman–Crippen MR) is 273 cm³/mol. The first kappa shape index (κ1) is 57.6. The number of hydrogen-bond donors (Lipinski definition) is 5. The lowest BCUT2D eigenvalue weighted by Gasteiger charge is -2.34. The summed E-state index contributed by atoms with van der Waals surface area (Å²) in [7, 11) is 4.27. The zero-order valence-electron chi connectivity index (χ0n) is 44.0. The third kappa shape index (κ3) is 15.8. The van der Waals surface area contributed by atoms with Gasteiger partial charge in [-0.15, -0.1) is 0 Å². The molecule has 0 fully saturated rings. The van der Waals surface area contributed by atoms with Gasteiger partial charge in [-0.1, -0.05) is 88.4 Å². The second-order valence-electron chi connectivity index (χ2n) is 20.5. The quantitative estimate of drug-likeness (QED) is 0.0837. The van der Waals surface area contributed by atoms with Crippen molar-refractivity contribution in [2.75, 3.05) is 34.3 Å². The van der Waals surface area contributed by atoms with Gasteiger partial charge in [-0.2, -0.15) is 0 Å². The lowest BCUT2D eigenvalue weighted by Crippen LogP contribution is -2.59. The van der Waals surface area contributed by atoms with Crippen LogP contribution in [-0.2, 0) is 44.7 Å². The van der Waals surface area contributed by atoms with Crippen molar-refractivity contribution >= 4 is 47.5 Å². The number of nitrogens with one attached hydrogen (secondary N) is 4. The number of carbonyl (C=O) groups excluding carboxylic acids is 7. The molecule has 6 atom stereocenters. The van der Waals surface area contributed by atoms with E-state index in [1.54, 1.807) is 24.3 Å². The van der Waals surface area contributed by atoms with Gasteiger partial charge >= 0.3 is 12.1 Å². The number of amides is 7. The molecular weight excluding hydrogens is 923 g/mol. The van der Waals surface area contributed by atoms with Crippen LogP contribution in [0, 0.1) is 11.8 Å². The smallest absolute Gasteiger partial charge is 0.410 e. The van der Waals surface area contributed by atoms with Gasteiger partial charge in [0.05, 0.1) is 6.54 Å². The molecule has 0 aliphatic heterocycles. The molecule has 0 spiro atoms. The number of benzene rings is 3. The number of carbonyl (C=O) groups is 8. The van der Waals surface area contributed by atoms with Crippen molar-refractivity contribution in [2.45, 2.75) is 136 Å². The Morgan fingerprint density at radius 3 is 1.69 bits per heavy atom. The number of fused-ring (bicyclic) bond motifs is 3. The van der Waals surface area contributed by atoms with Gasteiger partial charge in [0.25, 0.3) is 0 Å². The number of likely N-dealkylation sites (N-methyl/N-ethyl adjacent to an activating group) is 3. The van der Waals surface area contributed by atoms with Crippen LogP contribution in [0.1, 0.15) is 105 Å². The molecule has 5 N–H and O–H groups in total. The first-order valence-electron chi connectivity index (χ1n) is 24.5. The summed E-state index contributed by atoms with van der Waals surface area (Å²) in [6.07, 6.45) is -0.312. The van der Waals surface area contributed by atoms with Crippen LogP contribution in [-0.4, -0.2) is 143 Å². The number of carboxylic acids is 1. The summed E-state index contributed by atoms with van der Waals surface area (Å²) in [5, 5.41) is 20.2. The third-order valence-electron chi connectivity index (χ3n) is 12.6. The van der Waals surface area contributed by atoms with Crippen LogP contribution in [0.5, 0.6) is 5.75 Å². The maximum Gasteiger partial charge on any atom is 0.410 e. The number of carboxylic acid groups (broad SMARTS) is 1. The molecule has 18 nitrogen and oxygen atoms in total. The van der Waals surface area contributed by atoms with E-state index >= 15 is 0 Å². The number of nitrogens with zero attached hydrogens (tertiary/aromatic N) is 3. The van der Waals surface area contributed by atoms with Crippen LogP contribution in [0.2, 0.25) is 0 Å². The van der Waals surface area contributed by atoms with E-state index in [0.717, 1.165) is 27.2 Å². The molecule has 0 saturated heterocycles. The molecule has 3 aromatic carbocycles. The average molecular weight is 998 g/mol. The van der Waals surface area contributed by atoms with Gasteiger partial charge in [-0.3, -0.25) is 33.7 Å². The van der Waals surface area contributed by atoms with Gasteiger partial charge in [-0.05, 0) is 106 Å². The van der Waals surface area contributed by atoms with Crippen LogP contribution in [0.15, 0.2) is 72.8 Å². The molecule has 1 aliphatic rings. The van der Waals surface area contributed by atoms with Gasteiger partial charge in [0.2, 0.25) is 35.4 Å². The Balaban J connectivity index is 1.32. The number of aliphatic carboxylic acids is 1. The van der Waals surface area contributed by atoms with Gasteiger partial charge in [0.1, 0.15) is 54.2 Å². The van der Waals surface area contributed by atoms with E-state index < -0.39 is 95.9 Å². The monoisotopic (exact) mass is 998 g/mol. The summed E-state index contributed by atoms with van der Waals surface area (Å²) in [5.74, 6) is -4.88. The zero-order valence-corrected chi connectivity index (χ0v) is 44.0. The van der Waals surface area contributed by atoms with E-state index in [9.17, 15) is 43.5 Å². The fraction of sp³-hybridized carbons (Fsp3) is 0.519. The molecule has 72 heavy (non-hydrogen) atoms. The molecule has 392 valence electrons. The van der Waals surface area contributed by atoms with Gasteiger partial charge < -0.3 is 45.6 Å². The van der Waals surface area contributed by atoms with E-state index in [4.69, 9.17) is 9.47 Å². The number of rotatable bonds is 23. The largest absolute Gasteiger partial charge is 0.488 e. The summed E-state index contributed by atoms with van der Waals surface area (Å²) < 4.78 is 11.6. The van der Waals surface area contributed by atoms with Crippen LogP contribution in [0.3, 0.4) is 0 Å². The van der Waals surface area contributed by atoms with E-state index in [-0.39, 0.29) is 43.6 Å². The third-order valence-corrected chi connectivity index (χ3v) is 12.6. The molecule has 0 aromatic heterocycles. The van der Waals surface area contributed by atoms with Crippen molar-refractivity contribution in [3.05, 3.63) is 89.5 Å². The Kier molecular flexibility index (Phi) is 20.3. The minimum Gasteiger partial charge on any atom is -0.488 e. The maximum absolute atomic E-state index is 14.3. The molecule has 7 amide bonds. The second-order valence-corrected chi connectivity index (χ2v) is 20.5. The topological polar surface area (TPSA) is 233 Å². The maximum atomic E-state index is 14.3. The normalized spacial score (nSPS) is 14.5. The van der Waals surface area contributed by atoms with Gasteiger partial charge in [0, 0.05) is 33.5 Å². The van der Waals surface area contributed by atoms with Crippen LogP contribution < -0.4 is 26.0 Å². The molecule has 0 unspecified atom stereocenters. The summed E-state index contributed by atoms with van der Waals surface area (Å²) in [5.41, 5.74) is 4.47. The van der Waals surface area contributed by atoms with Gasteiger partial charge in [0.15, 0.2) is 0 Å². The molecule has 0 saturated carbocycles. The van der Waals surface area contributed by atoms with Crippen molar-refractivity contribution in [1.29, 1.82) is 0 Å². The lowest BCUT2D eigenvalue weighted by atomic mass is 9.98. The molecule has 3 aromatic rings. The van der Waals surface area contributed by atoms with Gasteiger partial charge in [-0.25, -0.2) is 9.59 Å². The predicted octanol–water partition coefficient (Wildman–Crippen LogP) is 5.12. The lowest BCUT2D eigenvalue weighted by molar-refractivity contribution is -0.145. The van der Waals surface area contributed by atoms with Crippen LogP contribution in [0.4, 0.5) is 4.79 Å². The van der Waals surface area contributed by atoms with Crippen molar-refractivity contribution in [2.24, 2.45) is 11.8 Å². The first-order valence-corrected chi connectivity index (χ1v) is 24.5. The summed E-state index contributed by atoms with van der Waals surface area (Å²) in [4.78, 5) is 111. The molecule has 1 aliphatic carbocycles. The molecule has 0 heterocycles. The summed E-state index contributed by atoms with van der Waals surface area (Å²) in [6.45, 7) is 17.1. The van der Waals surface area contributed by atoms with Crippen molar-refractivity contribution in [3.8, 4) is 16.9 Å². The van der Waals surface area contributed by atoms with E-state index in [0.29, 0.717) is 11.3 Å². The van der Waals surface area contributed by atoms with Crippen molar-refractivity contribution in [1.82, 2.24) is 36.0 Å². The molecule has 18 heteroatoms. The molecule has 4 rings (SSSR count). The number of hydrogen-bond acceptors (Lipinski definition) is 10. The fourth-order valence-corrected chi connectivity index (χ4v) is 8.39. The highest BCUT2D eigenvalue weighted by Gasteiger charge is 2.37. The Morgan fingerprint density at radius 2 is 1.17 bits per heavy atom. The Bertz CT molecular complexity index is 2370. The zero-order chi connectivity index (χ0) is 53.8. The SMILES string of the molecule is CC(C)C[C@H](NC(=O)[C@H](C)N(C)C(=O)OCC1c2ccccc2-c2ccccc21)C(=O)N(C)[C@@H](CC(C)C)C(=O)N[C@@H](C)C(=O)N(C)[C@@H](C)C(=O)NCC(=O)N[C@@H](Cc1ccc(OC(C)(C)C)cc1)C(=O)O. The highest BCUT2D eigenvalue weighted by atomic mass is 16.6. The first-order chi connectivity index (χ1) is 33.7. The highest BCUT2D eigenvalue weighted by molar-refractivity contribution is 5.96. The minimum atomic E-state index is -1.29. The van der Waals surface area contributed by atoms with Crippen molar-refractivity contribution < 1.29 is 52.9 Å². The highest BCUT2D eigenvalue weighted by Crippen LogP contribution is 2.44. The van der Waals surface area contributed by atoms with E-state index in [1.807, 2.05) is 97.0 Å². The van der Waals surface area contributed by atoms with E-state index in [1.165, 1.54) is 51.7 Å². The average Bonchev–Trinajstić information content (AvgIpc) is 3.64. The Morgan fingerprint density at radius 1 is 0.625 bits per heavy atom. The van der Waals surface area contributed by atoms with Crippen molar-refractivity contribution in [3.63, 3.8) is 0 Å². The summed E-state index contributed by atoms with van der Waals surface area (Å²) >= 11 is 0. The molecule has 0 radical (unpaired) electrons. The molecular formula is C54H75N7O11. The Labute approximate surface area is 423 Å².